The molecule has 17 nitrogen and oxygen atoms in total. The van der Waals surface area contributed by atoms with Gasteiger partial charge in [0.25, 0.3) is 5.91 Å². The maximum Gasteiger partial charge on any atom is 0.252 e. The van der Waals surface area contributed by atoms with Crippen molar-refractivity contribution in [2.75, 3.05) is 39.9 Å². The second-order valence-electron chi connectivity index (χ2n) is 13.6. The topological polar surface area (TPSA) is 274 Å². The SMILES string of the molecule is Cc1ccc(C(=O)N[C@@H](CC(N)=O)C(=O)N(C)[C@@H]2C(=O)N[C@@H](C)C(=O)N[C@H](C(=O)NCC#N)Cc3ccc(OCCN)c(c3)-c3cc2ccc3OCCN)c(C)c1. The van der Waals surface area contributed by atoms with Crippen molar-refractivity contribution in [1.29, 1.82) is 5.26 Å². The molecule has 17 heteroatoms. The van der Waals surface area contributed by atoms with Gasteiger partial charge in [0, 0.05) is 43.2 Å². The summed E-state index contributed by atoms with van der Waals surface area (Å²) >= 11 is 0. The summed E-state index contributed by atoms with van der Waals surface area (Å²) in [6.07, 6.45) is -0.602. The second-order valence-corrected chi connectivity index (χ2v) is 13.6. The van der Waals surface area contributed by atoms with Crippen LogP contribution in [0.1, 0.15) is 52.0 Å². The number of carbonyl (C=O) groups excluding carboxylic acids is 6. The van der Waals surface area contributed by atoms with Gasteiger partial charge in [-0.25, -0.2) is 0 Å². The number of benzene rings is 3. The molecule has 0 radical (unpaired) electrons. The van der Waals surface area contributed by atoms with Crippen LogP contribution in [-0.4, -0.2) is 98.4 Å². The minimum Gasteiger partial charge on any atom is -0.492 e. The first-order chi connectivity index (χ1) is 27.2. The quantitative estimate of drug-likeness (QED) is 0.107. The Hall–Kier alpha value is -6.51. The molecule has 0 aromatic heterocycles. The number of amides is 6. The van der Waals surface area contributed by atoms with Crippen molar-refractivity contribution in [3.63, 3.8) is 0 Å². The molecule has 10 N–H and O–H groups in total. The fourth-order valence-electron chi connectivity index (χ4n) is 6.41. The summed E-state index contributed by atoms with van der Waals surface area (Å²) in [5, 5.41) is 19.5. The Kier molecular flexibility index (Phi) is 15.1. The molecule has 1 aliphatic rings. The molecule has 3 aromatic carbocycles. The Bertz CT molecular complexity index is 2050. The predicted molar refractivity (Wildman–Crippen MR) is 209 cm³/mol. The molecule has 4 atom stereocenters. The number of nitriles is 1. The molecule has 57 heavy (non-hydrogen) atoms. The van der Waals surface area contributed by atoms with Gasteiger partial charge in [0.05, 0.1) is 12.5 Å². The highest BCUT2D eigenvalue weighted by Crippen LogP contribution is 2.40. The van der Waals surface area contributed by atoms with Gasteiger partial charge in [-0.2, -0.15) is 5.26 Å². The van der Waals surface area contributed by atoms with Crippen molar-refractivity contribution in [2.24, 2.45) is 17.2 Å². The maximum atomic E-state index is 14.4. The van der Waals surface area contributed by atoms with Crippen LogP contribution in [0, 0.1) is 25.2 Å². The monoisotopic (exact) mass is 783 g/mol. The first-order valence-electron chi connectivity index (χ1n) is 18.3. The summed E-state index contributed by atoms with van der Waals surface area (Å²) in [5.41, 5.74) is 20.7. The summed E-state index contributed by atoms with van der Waals surface area (Å²) in [6.45, 7) is 5.30. The van der Waals surface area contributed by atoms with Crippen molar-refractivity contribution in [3.8, 4) is 28.7 Å². The molecule has 0 fully saturated rings. The predicted octanol–water partition coefficient (Wildman–Crippen LogP) is 0.00432. The summed E-state index contributed by atoms with van der Waals surface area (Å²) in [5.74, 6) is -3.82. The van der Waals surface area contributed by atoms with Gasteiger partial charge in [-0.1, -0.05) is 29.8 Å². The third-order valence-electron chi connectivity index (χ3n) is 9.19. The Labute approximate surface area is 330 Å². The number of hydrogen-bond acceptors (Lipinski definition) is 11. The molecule has 1 aliphatic heterocycles. The first kappa shape index (κ1) is 43.2. The highest BCUT2D eigenvalue weighted by Gasteiger charge is 2.37. The number of fused-ring (bicyclic) bond motifs is 5. The molecule has 302 valence electrons. The van der Waals surface area contributed by atoms with E-state index in [0.29, 0.717) is 33.8 Å². The van der Waals surface area contributed by atoms with E-state index in [1.165, 1.54) is 14.0 Å². The lowest BCUT2D eigenvalue weighted by atomic mass is 9.93. The van der Waals surface area contributed by atoms with Gasteiger partial charge < -0.3 is 52.8 Å². The average Bonchev–Trinajstić information content (AvgIpc) is 3.17. The van der Waals surface area contributed by atoms with Crippen molar-refractivity contribution >= 4 is 35.4 Å². The molecule has 4 bridgehead atoms. The minimum atomic E-state index is -1.49. The standard InChI is InChI=1S/C40H49N9O8/c1-22-5-8-27(23(2)17-22)37(52)48-31(21-34(44)50)40(55)49(4)35-26-7-10-33(57-16-13-43)29(20-26)28-18-25(6-9-32(28)56-15-12-42)19-30(38(53)45-14-11-41)47-36(51)24(3)46-39(35)54/h5-10,17-18,20,24,30-31,35H,12-16,19,21,42-43H2,1-4H3,(H2,44,50)(H,45,53)(H,46,54)(H,47,51)(H,48,52)/t24-,30-,31-,35-/m0/s1. The second kappa shape index (κ2) is 19.9. The number of primary amides is 1. The number of rotatable bonds is 14. The van der Waals surface area contributed by atoms with Crippen LogP contribution in [0.15, 0.2) is 54.6 Å². The molecule has 0 aliphatic carbocycles. The molecule has 1 heterocycles. The van der Waals surface area contributed by atoms with E-state index in [1.807, 2.05) is 13.0 Å². The molecule has 0 unspecified atom stereocenters. The molecule has 3 aromatic rings. The van der Waals surface area contributed by atoms with Crippen LogP contribution in [-0.2, 0) is 30.4 Å². The summed E-state index contributed by atoms with van der Waals surface area (Å²) in [4.78, 5) is 82.4. The Morgan fingerprint density at radius 3 is 2.19 bits per heavy atom. The third-order valence-corrected chi connectivity index (χ3v) is 9.19. The summed E-state index contributed by atoms with van der Waals surface area (Å²) in [6, 6.07) is 11.5. The van der Waals surface area contributed by atoms with Crippen molar-refractivity contribution in [3.05, 3.63) is 82.4 Å². The Morgan fingerprint density at radius 1 is 0.930 bits per heavy atom. The van der Waals surface area contributed by atoms with E-state index in [0.717, 1.165) is 10.5 Å². The lowest BCUT2D eigenvalue weighted by molar-refractivity contribution is -0.142. The number of likely N-dealkylation sites (N-methyl/N-ethyl adjacent to an activating group) is 1. The van der Waals surface area contributed by atoms with Gasteiger partial charge in [-0.3, -0.25) is 28.8 Å². The Balaban J connectivity index is 1.90. The van der Waals surface area contributed by atoms with Gasteiger partial charge in [-0.05, 0) is 67.8 Å². The number of nitrogens with two attached hydrogens (primary N) is 3. The zero-order valence-corrected chi connectivity index (χ0v) is 32.3. The number of aryl methyl sites for hydroxylation is 2. The number of nitrogens with one attached hydrogen (secondary N) is 4. The normalized spacial score (nSPS) is 17.0. The molecule has 4 rings (SSSR count). The smallest absolute Gasteiger partial charge is 0.252 e. The summed E-state index contributed by atoms with van der Waals surface area (Å²) < 4.78 is 12.1. The lowest BCUT2D eigenvalue weighted by Crippen LogP contribution is -2.56. The zero-order valence-electron chi connectivity index (χ0n) is 32.3. The van der Waals surface area contributed by atoms with Crippen LogP contribution in [0.2, 0.25) is 0 Å². The minimum absolute atomic E-state index is 0.0124. The fraction of sp³-hybridized carbons (Fsp3) is 0.375. The molecule has 0 saturated carbocycles. The summed E-state index contributed by atoms with van der Waals surface area (Å²) in [7, 11) is 1.32. The van der Waals surface area contributed by atoms with Gasteiger partial charge >= 0.3 is 0 Å². The third kappa shape index (κ3) is 11.1. The molecule has 6 amide bonds. The van der Waals surface area contributed by atoms with E-state index < -0.39 is 66.0 Å². The number of hydrogen-bond donors (Lipinski definition) is 7. The van der Waals surface area contributed by atoms with E-state index in [1.54, 1.807) is 61.5 Å². The van der Waals surface area contributed by atoms with E-state index in [2.05, 4.69) is 21.3 Å². The van der Waals surface area contributed by atoms with Crippen molar-refractivity contribution in [1.82, 2.24) is 26.2 Å². The Morgan fingerprint density at radius 2 is 1.58 bits per heavy atom. The van der Waals surface area contributed by atoms with Crippen molar-refractivity contribution in [2.45, 2.75) is 57.8 Å². The van der Waals surface area contributed by atoms with E-state index in [9.17, 15) is 28.8 Å². The van der Waals surface area contributed by atoms with Crippen LogP contribution >= 0.6 is 0 Å². The molecule has 0 spiro atoms. The van der Waals surface area contributed by atoms with Crippen LogP contribution < -0.4 is 47.9 Å². The van der Waals surface area contributed by atoms with Crippen LogP contribution in [0.5, 0.6) is 11.5 Å². The highest BCUT2D eigenvalue weighted by molar-refractivity contribution is 6.01. The van der Waals surface area contributed by atoms with Crippen LogP contribution in [0.3, 0.4) is 0 Å². The van der Waals surface area contributed by atoms with Crippen LogP contribution in [0.4, 0.5) is 0 Å². The van der Waals surface area contributed by atoms with E-state index in [-0.39, 0.29) is 50.4 Å². The fourth-order valence-corrected chi connectivity index (χ4v) is 6.41. The lowest BCUT2D eigenvalue weighted by Gasteiger charge is -2.32. The highest BCUT2D eigenvalue weighted by atomic mass is 16.5. The number of nitrogens with zero attached hydrogens (tertiary/aromatic N) is 2. The van der Waals surface area contributed by atoms with Gasteiger partial charge in [0.2, 0.25) is 29.5 Å². The molecular formula is C40H49N9O8. The van der Waals surface area contributed by atoms with E-state index >= 15 is 0 Å². The molecular weight excluding hydrogens is 734 g/mol. The largest absolute Gasteiger partial charge is 0.492 e. The van der Waals surface area contributed by atoms with Crippen LogP contribution in [0.25, 0.3) is 11.1 Å². The van der Waals surface area contributed by atoms with Gasteiger partial charge in [0.1, 0.15) is 55.4 Å². The maximum absolute atomic E-state index is 14.4. The number of carbonyl (C=O) groups is 6. The average molecular weight is 784 g/mol. The first-order valence-corrected chi connectivity index (χ1v) is 18.3. The zero-order chi connectivity index (χ0) is 41.8. The van der Waals surface area contributed by atoms with Crippen molar-refractivity contribution < 1.29 is 38.2 Å². The van der Waals surface area contributed by atoms with Gasteiger partial charge in [0.15, 0.2) is 0 Å². The van der Waals surface area contributed by atoms with E-state index in [4.69, 9.17) is 31.9 Å². The molecule has 0 saturated heterocycles. The van der Waals surface area contributed by atoms with Gasteiger partial charge in [-0.15, -0.1) is 0 Å². The number of ether oxygens (including phenoxy) is 2.